The molecule has 152 valence electrons. The summed E-state index contributed by atoms with van der Waals surface area (Å²) in [6.07, 6.45) is 3.51. The van der Waals surface area contributed by atoms with Crippen LogP contribution < -0.4 is 0 Å². The molecule has 3 heterocycles. The Labute approximate surface area is 183 Å². The molecule has 0 fully saturated rings. The van der Waals surface area contributed by atoms with E-state index in [1.54, 1.807) is 12.4 Å². The molecule has 0 aliphatic heterocycles. The first kappa shape index (κ1) is 19.2. The number of rotatable bonds is 7. The second-order valence-corrected chi connectivity index (χ2v) is 7.71. The predicted octanol–water partition coefficient (Wildman–Crippen LogP) is 4.73. The first-order valence-corrected chi connectivity index (χ1v) is 10.7. The summed E-state index contributed by atoms with van der Waals surface area (Å²) in [5, 5.41) is 18.0. The van der Waals surface area contributed by atoms with Crippen molar-refractivity contribution in [2.24, 2.45) is 0 Å². The van der Waals surface area contributed by atoms with Gasteiger partial charge in [0.05, 0.1) is 12.3 Å². The second-order valence-electron chi connectivity index (χ2n) is 6.77. The van der Waals surface area contributed by atoms with Gasteiger partial charge in [-0.05, 0) is 29.8 Å². The standard InChI is InChI=1S/C23H18N6OS/c1-3-7-17(8-4-1)15-29-21(18-11-13-24-14-12-18)26-28-23(29)31-16-20-25-27-22(30-20)19-9-5-2-6-10-19/h1-14H,15-16H2. The fraction of sp³-hybridized carbons (Fsp3) is 0.0870. The van der Waals surface area contributed by atoms with Crippen molar-refractivity contribution in [3.63, 3.8) is 0 Å². The van der Waals surface area contributed by atoms with E-state index in [1.165, 1.54) is 17.3 Å². The summed E-state index contributed by atoms with van der Waals surface area (Å²) in [5.74, 6) is 2.36. The summed E-state index contributed by atoms with van der Waals surface area (Å²) in [6.45, 7) is 0.660. The van der Waals surface area contributed by atoms with E-state index in [4.69, 9.17) is 4.42 Å². The lowest BCUT2D eigenvalue weighted by molar-refractivity contribution is 0.528. The van der Waals surface area contributed by atoms with E-state index >= 15 is 0 Å². The van der Waals surface area contributed by atoms with Crippen molar-refractivity contribution in [2.45, 2.75) is 17.5 Å². The Hall–Kier alpha value is -3.78. The van der Waals surface area contributed by atoms with E-state index in [9.17, 15) is 0 Å². The van der Waals surface area contributed by atoms with Gasteiger partial charge in [-0.3, -0.25) is 9.55 Å². The molecule has 5 rings (SSSR count). The zero-order chi connectivity index (χ0) is 20.9. The summed E-state index contributed by atoms with van der Waals surface area (Å²) in [7, 11) is 0. The Morgan fingerprint density at radius 1 is 0.742 bits per heavy atom. The van der Waals surface area contributed by atoms with Gasteiger partial charge in [-0.15, -0.1) is 20.4 Å². The van der Waals surface area contributed by atoms with E-state index in [0.717, 1.165) is 22.1 Å². The third-order valence-electron chi connectivity index (χ3n) is 4.65. The number of benzene rings is 2. The molecule has 0 atom stereocenters. The molecule has 0 bridgehead atoms. The molecule has 3 aromatic heterocycles. The Bertz CT molecular complexity index is 1260. The maximum atomic E-state index is 5.83. The zero-order valence-electron chi connectivity index (χ0n) is 16.5. The molecule has 7 nitrogen and oxygen atoms in total. The molecule has 0 saturated heterocycles. The van der Waals surface area contributed by atoms with Gasteiger partial charge in [0.1, 0.15) is 0 Å². The normalized spacial score (nSPS) is 11.0. The molecular formula is C23H18N6OS. The van der Waals surface area contributed by atoms with E-state index < -0.39 is 0 Å². The largest absolute Gasteiger partial charge is 0.420 e. The number of aromatic nitrogens is 6. The van der Waals surface area contributed by atoms with E-state index in [2.05, 4.69) is 42.1 Å². The molecular weight excluding hydrogens is 408 g/mol. The smallest absolute Gasteiger partial charge is 0.247 e. The van der Waals surface area contributed by atoms with Crippen molar-refractivity contribution in [3.8, 4) is 22.8 Å². The fourth-order valence-corrected chi connectivity index (χ4v) is 3.93. The maximum absolute atomic E-state index is 5.83. The van der Waals surface area contributed by atoms with Gasteiger partial charge in [-0.2, -0.15) is 0 Å². The summed E-state index contributed by atoms with van der Waals surface area (Å²) >= 11 is 1.52. The summed E-state index contributed by atoms with van der Waals surface area (Å²) in [6, 6.07) is 23.9. The highest BCUT2D eigenvalue weighted by Crippen LogP contribution is 2.28. The van der Waals surface area contributed by atoms with Crippen LogP contribution in [0.25, 0.3) is 22.8 Å². The van der Waals surface area contributed by atoms with Crippen LogP contribution in [0.5, 0.6) is 0 Å². The predicted molar refractivity (Wildman–Crippen MR) is 118 cm³/mol. The minimum absolute atomic E-state index is 0.503. The Kier molecular flexibility index (Phi) is 5.53. The minimum atomic E-state index is 0.503. The SMILES string of the molecule is c1ccc(Cn2c(SCc3nnc(-c4ccccc4)o3)nnc2-c2ccncc2)cc1. The van der Waals surface area contributed by atoms with Crippen LogP contribution >= 0.6 is 11.8 Å². The van der Waals surface area contributed by atoms with Gasteiger partial charge in [0, 0.05) is 23.5 Å². The van der Waals surface area contributed by atoms with Crippen LogP contribution in [0.15, 0.2) is 94.8 Å². The summed E-state index contributed by atoms with van der Waals surface area (Å²) < 4.78 is 7.93. The number of pyridine rings is 1. The van der Waals surface area contributed by atoms with Crippen LogP contribution in [0.4, 0.5) is 0 Å². The number of nitrogens with zero attached hydrogens (tertiary/aromatic N) is 6. The van der Waals surface area contributed by atoms with Crippen molar-refractivity contribution in [1.82, 2.24) is 29.9 Å². The van der Waals surface area contributed by atoms with Gasteiger partial charge >= 0.3 is 0 Å². The van der Waals surface area contributed by atoms with Gasteiger partial charge in [0.25, 0.3) is 0 Å². The average Bonchev–Trinajstić information content (AvgIpc) is 3.47. The highest BCUT2D eigenvalue weighted by Gasteiger charge is 2.16. The first-order chi connectivity index (χ1) is 15.4. The minimum Gasteiger partial charge on any atom is -0.420 e. The fourth-order valence-electron chi connectivity index (χ4n) is 3.15. The van der Waals surface area contributed by atoms with Gasteiger partial charge < -0.3 is 4.42 Å². The highest BCUT2D eigenvalue weighted by molar-refractivity contribution is 7.98. The Balaban J connectivity index is 1.40. The highest BCUT2D eigenvalue weighted by atomic mass is 32.2. The van der Waals surface area contributed by atoms with Crippen LogP contribution in [-0.2, 0) is 12.3 Å². The van der Waals surface area contributed by atoms with Gasteiger partial charge in [0.2, 0.25) is 11.8 Å². The molecule has 0 saturated carbocycles. The molecule has 0 unspecified atom stereocenters. The number of thioether (sulfide) groups is 1. The van der Waals surface area contributed by atoms with Crippen molar-refractivity contribution >= 4 is 11.8 Å². The zero-order valence-corrected chi connectivity index (χ0v) is 17.3. The second kappa shape index (κ2) is 8.93. The van der Waals surface area contributed by atoms with Gasteiger partial charge in [-0.1, -0.05) is 60.3 Å². The van der Waals surface area contributed by atoms with Crippen LogP contribution in [-0.4, -0.2) is 29.9 Å². The average molecular weight is 427 g/mol. The van der Waals surface area contributed by atoms with Crippen LogP contribution in [0.1, 0.15) is 11.5 Å². The van der Waals surface area contributed by atoms with Crippen LogP contribution in [0.2, 0.25) is 0 Å². The summed E-state index contributed by atoms with van der Waals surface area (Å²) in [5.41, 5.74) is 3.04. The number of hydrogen-bond donors (Lipinski definition) is 0. The molecule has 31 heavy (non-hydrogen) atoms. The molecule has 0 N–H and O–H groups in total. The van der Waals surface area contributed by atoms with Gasteiger partial charge in [0.15, 0.2) is 11.0 Å². The van der Waals surface area contributed by atoms with Crippen LogP contribution in [0.3, 0.4) is 0 Å². The first-order valence-electron chi connectivity index (χ1n) is 9.75. The molecule has 2 aromatic carbocycles. The van der Waals surface area contributed by atoms with Crippen molar-refractivity contribution < 1.29 is 4.42 Å². The molecule has 0 aliphatic rings. The molecule has 0 radical (unpaired) electrons. The third-order valence-corrected chi connectivity index (χ3v) is 5.60. The topological polar surface area (TPSA) is 82.5 Å². The Morgan fingerprint density at radius 3 is 2.26 bits per heavy atom. The van der Waals surface area contributed by atoms with Crippen molar-refractivity contribution in [3.05, 3.63) is 96.6 Å². The Morgan fingerprint density at radius 2 is 1.48 bits per heavy atom. The van der Waals surface area contributed by atoms with E-state index in [-0.39, 0.29) is 0 Å². The van der Waals surface area contributed by atoms with Crippen molar-refractivity contribution in [2.75, 3.05) is 0 Å². The molecule has 5 aromatic rings. The van der Waals surface area contributed by atoms with Crippen LogP contribution in [0, 0.1) is 0 Å². The quantitative estimate of drug-likeness (QED) is 0.348. The molecule has 0 spiro atoms. The van der Waals surface area contributed by atoms with Gasteiger partial charge in [-0.25, -0.2) is 0 Å². The lowest BCUT2D eigenvalue weighted by atomic mass is 10.2. The molecule has 0 aliphatic carbocycles. The lowest BCUT2D eigenvalue weighted by Crippen LogP contribution is -2.04. The third kappa shape index (κ3) is 4.39. The lowest BCUT2D eigenvalue weighted by Gasteiger charge is -2.10. The van der Waals surface area contributed by atoms with Crippen molar-refractivity contribution in [1.29, 1.82) is 0 Å². The number of hydrogen-bond acceptors (Lipinski definition) is 7. The molecule has 0 amide bonds. The van der Waals surface area contributed by atoms with E-state index in [1.807, 2.05) is 60.7 Å². The maximum Gasteiger partial charge on any atom is 0.247 e. The van der Waals surface area contributed by atoms with E-state index in [0.29, 0.717) is 24.1 Å². The summed E-state index contributed by atoms with van der Waals surface area (Å²) in [4.78, 5) is 4.10. The monoisotopic (exact) mass is 426 g/mol. The molecule has 8 heteroatoms.